The number of rotatable bonds is 2. The van der Waals surface area contributed by atoms with E-state index in [1.807, 2.05) is 28.8 Å². The van der Waals surface area contributed by atoms with Crippen molar-refractivity contribution in [2.75, 3.05) is 0 Å². The summed E-state index contributed by atoms with van der Waals surface area (Å²) < 4.78 is 1.83. The Labute approximate surface area is 113 Å². The van der Waals surface area contributed by atoms with Gasteiger partial charge in [0.2, 0.25) is 0 Å². The number of aromatic carboxylic acids is 1. The summed E-state index contributed by atoms with van der Waals surface area (Å²) in [5.74, 6) is -1.05. The van der Waals surface area contributed by atoms with Crippen molar-refractivity contribution in [2.24, 2.45) is 0 Å². The van der Waals surface area contributed by atoms with Crippen LogP contribution in [0.25, 0.3) is 16.7 Å². The molecule has 0 fully saturated rings. The smallest absolute Gasteiger partial charge is 0.337 e. The van der Waals surface area contributed by atoms with Gasteiger partial charge in [0.05, 0.1) is 21.6 Å². The highest BCUT2D eigenvalue weighted by atomic mass is 35.5. The monoisotopic (exact) mass is 272 g/mol. The van der Waals surface area contributed by atoms with Crippen molar-refractivity contribution in [3.05, 3.63) is 59.4 Å². The standard InChI is InChI=1S/C14H9ClN2O2/c15-11-6-5-9(7-10(11)14(18)19)17-8-16-12-3-1-2-4-13(12)17/h1-8H,(H,18,19). The van der Waals surface area contributed by atoms with Crippen molar-refractivity contribution in [1.29, 1.82) is 0 Å². The third-order valence-electron chi connectivity index (χ3n) is 2.91. The maximum Gasteiger partial charge on any atom is 0.337 e. The normalized spacial score (nSPS) is 10.8. The Morgan fingerprint density at radius 3 is 2.79 bits per heavy atom. The van der Waals surface area contributed by atoms with Gasteiger partial charge in [-0.1, -0.05) is 23.7 Å². The molecule has 1 heterocycles. The van der Waals surface area contributed by atoms with Crippen LogP contribution in [-0.2, 0) is 0 Å². The van der Waals surface area contributed by atoms with Crippen LogP contribution < -0.4 is 0 Å². The first-order valence-corrected chi connectivity index (χ1v) is 6.00. The number of nitrogens with zero attached hydrogens (tertiary/aromatic N) is 2. The zero-order chi connectivity index (χ0) is 13.4. The summed E-state index contributed by atoms with van der Waals surface area (Å²) in [6, 6.07) is 12.5. The van der Waals surface area contributed by atoms with E-state index in [1.165, 1.54) is 0 Å². The average Bonchev–Trinajstić information content (AvgIpc) is 2.83. The zero-order valence-corrected chi connectivity index (χ0v) is 10.5. The molecule has 2 aromatic carbocycles. The molecule has 0 aliphatic carbocycles. The van der Waals surface area contributed by atoms with Crippen molar-refractivity contribution >= 4 is 28.6 Å². The van der Waals surface area contributed by atoms with Crippen LogP contribution in [0, 0.1) is 0 Å². The lowest BCUT2D eigenvalue weighted by Gasteiger charge is -2.06. The van der Waals surface area contributed by atoms with Gasteiger partial charge in [0.1, 0.15) is 6.33 Å². The van der Waals surface area contributed by atoms with Gasteiger partial charge < -0.3 is 5.11 Å². The second kappa shape index (κ2) is 4.40. The molecule has 0 atom stereocenters. The van der Waals surface area contributed by atoms with E-state index in [0.717, 1.165) is 16.7 Å². The Morgan fingerprint density at radius 1 is 1.21 bits per heavy atom. The third-order valence-corrected chi connectivity index (χ3v) is 3.24. The molecule has 4 nitrogen and oxygen atoms in total. The summed E-state index contributed by atoms with van der Waals surface area (Å²) in [7, 11) is 0. The summed E-state index contributed by atoms with van der Waals surface area (Å²) in [5, 5.41) is 9.31. The second-order valence-electron chi connectivity index (χ2n) is 4.07. The lowest BCUT2D eigenvalue weighted by molar-refractivity contribution is 0.0697. The van der Waals surface area contributed by atoms with Gasteiger partial charge >= 0.3 is 5.97 Å². The van der Waals surface area contributed by atoms with Crippen molar-refractivity contribution in [3.63, 3.8) is 0 Å². The highest BCUT2D eigenvalue weighted by Gasteiger charge is 2.11. The van der Waals surface area contributed by atoms with Gasteiger partial charge in [-0.3, -0.25) is 4.57 Å². The quantitative estimate of drug-likeness (QED) is 0.778. The molecule has 0 spiro atoms. The van der Waals surface area contributed by atoms with Crippen molar-refractivity contribution < 1.29 is 9.90 Å². The SMILES string of the molecule is O=C(O)c1cc(-n2cnc3ccccc32)ccc1Cl. The van der Waals surface area contributed by atoms with Crippen LogP contribution in [0.5, 0.6) is 0 Å². The molecule has 19 heavy (non-hydrogen) atoms. The van der Waals surface area contributed by atoms with Gasteiger partial charge in [0.15, 0.2) is 0 Å². The fourth-order valence-corrected chi connectivity index (χ4v) is 2.19. The van der Waals surface area contributed by atoms with Crippen LogP contribution in [0.2, 0.25) is 5.02 Å². The van der Waals surface area contributed by atoms with E-state index in [1.54, 1.807) is 24.5 Å². The van der Waals surface area contributed by atoms with Crippen LogP contribution >= 0.6 is 11.6 Å². The van der Waals surface area contributed by atoms with E-state index in [0.29, 0.717) is 0 Å². The molecule has 0 aliphatic heterocycles. The molecule has 0 radical (unpaired) electrons. The highest BCUT2D eigenvalue weighted by molar-refractivity contribution is 6.33. The molecule has 0 amide bonds. The van der Waals surface area contributed by atoms with E-state index in [-0.39, 0.29) is 10.6 Å². The minimum Gasteiger partial charge on any atom is -0.478 e. The van der Waals surface area contributed by atoms with Crippen LogP contribution in [-0.4, -0.2) is 20.6 Å². The molecule has 0 unspecified atom stereocenters. The molecule has 0 saturated carbocycles. The predicted octanol–water partition coefficient (Wildman–Crippen LogP) is 3.38. The number of carbonyl (C=O) groups is 1. The zero-order valence-electron chi connectivity index (χ0n) is 9.75. The number of hydrogen-bond acceptors (Lipinski definition) is 2. The molecule has 3 aromatic rings. The molecule has 5 heteroatoms. The third kappa shape index (κ3) is 1.96. The van der Waals surface area contributed by atoms with E-state index < -0.39 is 5.97 Å². The number of aromatic nitrogens is 2. The predicted molar refractivity (Wildman–Crippen MR) is 73.0 cm³/mol. The Bertz CT molecular complexity index is 780. The fraction of sp³-hybridized carbons (Fsp3) is 0. The average molecular weight is 273 g/mol. The fourth-order valence-electron chi connectivity index (χ4n) is 1.99. The molecular weight excluding hydrogens is 264 g/mol. The molecule has 3 rings (SSSR count). The second-order valence-corrected chi connectivity index (χ2v) is 4.48. The summed E-state index contributed by atoms with van der Waals surface area (Å²) in [6.45, 7) is 0. The van der Waals surface area contributed by atoms with Gasteiger partial charge in [-0.25, -0.2) is 9.78 Å². The Hall–Kier alpha value is -2.33. The first kappa shape index (κ1) is 11.7. The van der Waals surface area contributed by atoms with Gasteiger partial charge in [0.25, 0.3) is 0 Å². The highest BCUT2D eigenvalue weighted by Crippen LogP contribution is 2.23. The summed E-state index contributed by atoms with van der Waals surface area (Å²) in [6.07, 6.45) is 1.67. The summed E-state index contributed by atoms with van der Waals surface area (Å²) >= 11 is 5.87. The molecule has 0 bridgehead atoms. The number of carboxylic acids is 1. The van der Waals surface area contributed by atoms with Crippen LogP contribution in [0.1, 0.15) is 10.4 Å². The molecule has 1 N–H and O–H groups in total. The lowest BCUT2D eigenvalue weighted by atomic mass is 10.2. The van der Waals surface area contributed by atoms with E-state index >= 15 is 0 Å². The molecule has 0 aliphatic rings. The number of halogens is 1. The summed E-state index contributed by atoms with van der Waals surface area (Å²) in [5.41, 5.74) is 2.57. The largest absolute Gasteiger partial charge is 0.478 e. The van der Waals surface area contributed by atoms with E-state index in [9.17, 15) is 4.79 Å². The van der Waals surface area contributed by atoms with E-state index in [4.69, 9.17) is 16.7 Å². The Kier molecular flexibility index (Phi) is 2.72. The number of hydrogen-bond donors (Lipinski definition) is 1. The van der Waals surface area contributed by atoms with Gasteiger partial charge in [0, 0.05) is 5.69 Å². The minimum atomic E-state index is -1.05. The van der Waals surface area contributed by atoms with Crippen molar-refractivity contribution in [3.8, 4) is 5.69 Å². The topological polar surface area (TPSA) is 55.1 Å². The molecular formula is C14H9ClN2O2. The number of carboxylic acid groups (broad SMARTS) is 1. The van der Waals surface area contributed by atoms with Gasteiger partial charge in [-0.2, -0.15) is 0 Å². The van der Waals surface area contributed by atoms with Gasteiger partial charge in [-0.05, 0) is 30.3 Å². The number of imidazole rings is 1. The van der Waals surface area contributed by atoms with E-state index in [2.05, 4.69) is 4.98 Å². The maximum atomic E-state index is 11.1. The van der Waals surface area contributed by atoms with Crippen molar-refractivity contribution in [1.82, 2.24) is 9.55 Å². The van der Waals surface area contributed by atoms with Crippen LogP contribution in [0.3, 0.4) is 0 Å². The van der Waals surface area contributed by atoms with Crippen LogP contribution in [0.15, 0.2) is 48.8 Å². The summed E-state index contributed by atoms with van der Waals surface area (Å²) in [4.78, 5) is 15.4. The molecule has 94 valence electrons. The maximum absolute atomic E-state index is 11.1. The molecule has 1 aromatic heterocycles. The number of benzene rings is 2. The number of fused-ring (bicyclic) bond motifs is 1. The number of para-hydroxylation sites is 2. The Balaban J connectivity index is 2.22. The first-order valence-electron chi connectivity index (χ1n) is 5.62. The first-order chi connectivity index (χ1) is 9.16. The van der Waals surface area contributed by atoms with Gasteiger partial charge in [-0.15, -0.1) is 0 Å². The molecule has 0 saturated heterocycles. The Morgan fingerprint density at radius 2 is 2.00 bits per heavy atom. The van der Waals surface area contributed by atoms with Crippen LogP contribution in [0.4, 0.5) is 0 Å². The lowest BCUT2D eigenvalue weighted by Crippen LogP contribution is -2.00. The van der Waals surface area contributed by atoms with Crippen molar-refractivity contribution in [2.45, 2.75) is 0 Å². The minimum absolute atomic E-state index is 0.0805.